The van der Waals surface area contributed by atoms with Gasteiger partial charge in [-0.1, -0.05) is 24.3 Å². The van der Waals surface area contributed by atoms with Gasteiger partial charge in [0.1, 0.15) is 12.0 Å². The number of rotatable bonds is 8. The van der Waals surface area contributed by atoms with E-state index < -0.39 is 23.7 Å². The Morgan fingerprint density at radius 1 is 1.12 bits per heavy atom. The number of carbonyl (C=O) groups is 2. The molecule has 1 aliphatic heterocycles. The molecule has 3 N–H and O–H groups in total. The van der Waals surface area contributed by atoms with Crippen molar-refractivity contribution in [3.8, 4) is 28.3 Å². The summed E-state index contributed by atoms with van der Waals surface area (Å²) in [4.78, 5) is 31.0. The molecule has 3 amide bonds. The van der Waals surface area contributed by atoms with Crippen LogP contribution >= 0.6 is 0 Å². The Balaban J connectivity index is 1.44. The zero-order valence-electron chi connectivity index (χ0n) is 22.8. The number of urea groups is 1. The molecule has 218 valence electrons. The van der Waals surface area contributed by atoms with E-state index >= 15 is 0 Å². The zero-order chi connectivity index (χ0) is 29.9. The van der Waals surface area contributed by atoms with Crippen LogP contribution in [-0.2, 0) is 23.9 Å². The number of fused-ring (bicyclic) bond motifs is 1. The average Bonchev–Trinajstić information content (AvgIpc) is 3.53. The fourth-order valence-corrected chi connectivity index (χ4v) is 5.17. The number of primary amides is 1. The van der Waals surface area contributed by atoms with E-state index in [2.05, 4.69) is 10.3 Å². The largest absolute Gasteiger partial charge is 0.497 e. The minimum Gasteiger partial charge on any atom is -0.497 e. The molecule has 0 bridgehead atoms. The lowest BCUT2D eigenvalue weighted by atomic mass is 9.88. The van der Waals surface area contributed by atoms with E-state index in [4.69, 9.17) is 14.9 Å². The van der Waals surface area contributed by atoms with E-state index in [-0.39, 0.29) is 19.0 Å². The molecule has 5 rings (SSSR count). The molecule has 0 radical (unpaired) electrons. The number of oxazole rings is 1. The summed E-state index contributed by atoms with van der Waals surface area (Å²) in [5.74, 6) is 0.503. The highest BCUT2D eigenvalue weighted by Crippen LogP contribution is 2.37. The summed E-state index contributed by atoms with van der Waals surface area (Å²) >= 11 is 0. The van der Waals surface area contributed by atoms with Crippen LogP contribution in [-0.4, -0.2) is 35.5 Å². The lowest BCUT2D eigenvalue weighted by molar-refractivity contribution is -0.137. The maximum atomic E-state index is 13.5. The topological polar surface area (TPSA) is 111 Å². The van der Waals surface area contributed by atoms with Crippen LogP contribution in [0.3, 0.4) is 0 Å². The van der Waals surface area contributed by atoms with Gasteiger partial charge in [-0.15, -0.1) is 0 Å². The van der Waals surface area contributed by atoms with Gasteiger partial charge in [0.2, 0.25) is 11.8 Å². The molecular formula is C31H29F3N4O4. The molecule has 8 nitrogen and oxygen atoms in total. The molecule has 3 aromatic carbocycles. The molecule has 0 saturated heterocycles. The van der Waals surface area contributed by atoms with Crippen molar-refractivity contribution < 1.29 is 31.9 Å². The van der Waals surface area contributed by atoms with Crippen LogP contribution in [0.2, 0.25) is 0 Å². The first kappa shape index (κ1) is 28.7. The summed E-state index contributed by atoms with van der Waals surface area (Å²) < 4.78 is 50.4. The van der Waals surface area contributed by atoms with Crippen LogP contribution in [0.15, 0.2) is 77.5 Å². The number of alkyl halides is 3. The van der Waals surface area contributed by atoms with Gasteiger partial charge >= 0.3 is 12.2 Å². The molecule has 1 aromatic heterocycles. The second-order valence-electron chi connectivity index (χ2n) is 10.0. The number of amides is 3. The van der Waals surface area contributed by atoms with Crippen molar-refractivity contribution in [3.63, 3.8) is 0 Å². The van der Waals surface area contributed by atoms with Gasteiger partial charge in [0.15, 0.2) is 0 Å². The van der Waals surface area contributed by atoms with Crippen LogP contribution in [0.25, 0.3) is 22.6 Å². The third-order valence-corrected chi connectivity index (χ3v) is 7.30. The first-order valence-electron chi connectivity index (χ1n) is 13.3. The number of ether oxygens (including phenoxy) is 1. The van der Waals surface area contributed by atoms with Crippen molar-refractivity contribution in [1.82, 2.24) is 15.2 Å². The van der Waals surface area contributed by atoms with Crippen LogP contribution in [0, 0.1) is 0 Å². The fourth-order valence-electron chi connectivity index (χ4n) is 5.17. The van der Waals surface area contributed by atoms with Gasteiger partial charge in [-0.3, -0.25) is 4.79 Å². The quantitative estimate of drug-likeness (QED) is 0.262. The van der Waals surface area contributed by atoms with Gasteiger partial charge in [0.05, 0.1) is 24.9 Å². The number of carbonyl (C=O) groups excluding carboxylic acids is 2. The highest BCUT2D eigenvalue weighted by Gasteiger charge is 2.31. The molecule has 1 aliphatic rings. The molecular weight excluding hydrogens is 549 g/mol. The van der Waals surface area contributed by atoms with Crippen molar-refractivity contribution in [2.24, 2.45) is 5.73 Å². The van der Waals surface area contributed by atoms with Crippen LogP contribution in [0.5, 0.6) is 5.75 Å². The van der Waals surface area contributed by atoms with Gasteiger partial charge in [-0.25, -0.2) is 9.78 Å². The van der Waals surface area contributed by atoms with Gasteiger partial charge in [0, 0.05) is 25.1 Å². The Morgan fingerprint density at radius 2 is 1.90 bits per heavy atom. The SMILES string of the molecule is COc1cccc([C@H](CCC(N)=O)NC(=O)N2CCc3c(cc(-c4ncco4)cc3-c3ccc(C(F)(F)F)cc3)C2)c1. The van der Waals surface area contributed by atoms with E-state index in [1.54, 1.807) is 24.1 Å². The Hall–Kier alpha value is -4.80. The minimum atomic E-state index is -4.44. The van der Waals surface area contributed by atoms with Gasteiger partial charge in [-0.2, -0.15) is 13.2 Å². The van der Waals surface area contributed by atoms with Crippen molar-refractivity contribution >= 4 is 11.9 Å². The van der Waals surface area contributed by atoms with Crippen molar-refractivity contribution in [3.05, 3.63) is 95.4 Å². The second kappa shape index (κ2) is 12.0. The minimum absolute atomic E-state index is 0.0843. The standard InChI is InChI=1S/C31H29F3N4O4/c1-41-24-4-2-3-20(16-24)27(9-10-28(35)39)37-30(40)38-13-11-25-22(18-38)15-21(29-36-12-14-42-29)17-26(25)19-5-7-23(8-6-19)31(32,33)34/h2-8,12,14-17,27H,9-11,13,18H2,1H3,(H2,35,39)(H,37,40)/t27-/m0/s1. The lowest BCUT2D eigenvalue weighted by Gasteiger charge is -2.32. The molecule has 2 heterocycles. The predicted molar refractivity (Wildman–Crippen MR) is 149 cm³/mol. The van der Waals surface area contributed by atoms with Gasteiger partial charge in [-0.05, 0) is 77.1 Å². The average molecular weight is 579 g/mol. The monoisotopic (exact) mass is 578 g/mol. The molecule has 0 spiro atoms. The molecule has 0 fully saturated rings. The molecule has 4 aromatic rings. The van der Waals surface area contributed by atoms with E-state index in [1.807, 2.05) is 24.3 Å². The molecule has 0 unspecified atom stereocenters. The first-order valence-corrected chi connectivity index (χ1v) is 13.3. The number of hydrogen-bond donors (Lipinski definition) is 2. The Labute approximate surface area is 240 Å². The van der Waals surface area contributed by atoms with Crippen LogP contribution in [0.1, 0.15) is 41.1 Å². The Morgan fingerprint density at radius 3 is 2.57 bits per heavy atom. The summed E-state index contributed by atoms with van der Waals surface area (Å²) in [5.41, 5.74) is 9.23. The molecule has 0 aliphatic carbocycles. The van der Waals surface area contributed by atoms with Crippen molar-refractivity contribution in [2.45, 2.75) is 38.0 Å². The van der Waals surface area contributed by atoms with Crippen LogP contribution in [0.4, 0.5) is 18.0 Å². The molecule has 42 heavy (non-hydrogen) atoms. The first-order chi connectivity index (χ1) is 20.1. The fraction of sp³-hybridized carbons (Fsp3) is 0.258. The Kier molecular flexibility index (Phi) is 8.19. The van der Waals surface area contributed by atoms with Gasteiger partial charge in [0.25, 0.3) is 0 Å². The highest BCUT2D eigenvalue weighted by atomic mass is 19.4. The number of benzene rings is 3. The van der Waals surface area contributed by atoms with E-state index in [1.165, 1.54) is 24.6 Å². The van der Waals surface area contributed by atoms with Gasteiger partial charge < -0.3 is 25.1 Å². The van der Waals surface area contributed by atoms with Crippen LogP contribution < -0.4 is 15.8 Å². The summed E-state index contributed by atoms with van der Waals surface area (Å²) in [6.07, 6.45) is -0.609. The Bertz CT molecular complexity index is 1570. The summed E-state index contributed by atoms with van der Waals surface area (Å²) in [6, 6.07) is 15.2. The number of hydrogen-bond acceptors (Lipinski definition) is 5. The third-order valence-electron chi connectivity index (χ3n) is 7.30. The lowest BCUT2D eigenvalue weighted by Crippen LogP contribution is -2.44. The summed E-state index contributed by atoms with van der Waals surface area (Å²) in [6.45, 7) is 0.634. The van der Waals surface area contributed by atoms with Crippen molar-refractivity contribution in [1.29, 1.82) is 0 Å². The molecule has 0 saturated carbocycles. The van der Waals surface area contributed by atoms with E-state index in [0.29, 0.717) is 42.2 Å². The normalized spacial score (nSPS) is 13.8. The molecule has 11 heteroatoms. The third kappa shape index (κ3) is 6.40. The number of nitrogens with zero attached hydrogens (tertiary/aromatic N) is 2. The highest BCUT2D eigenvalue weighted by molar-refractivity contribution is 5.79. The zero-order valence-corrected chi connectivity index (χ0v) is 22.8. The smallest absolute Gasteiger partial charge is 0.416 e. The van der Waals surface area contributed by atoms with Crippen molar-refractivity contribution in [2.75, 3.05) is 13.7 Å². The molecule has 1 atom stereocenters. The summed E-state index contributed by atoms with van der Waals surface area (Å²) in [7, 11) is 1.55. The second-order valence-corrected chi connectivity index (χ2v) is 10.0. The number of nitrogens with one attached hydrogen (secondary N) is 1. The summed E-state index contributed by atoms with van der Waals surface area (Å²) in [5, 5.41) is 3.04. The predicted octanol–water partition coefficient (Wildman–Crippen LogP) is 6.11. The number of nitrogens with two attached hydrogens (primary N) is 1. The number of halogens is 3. The number of aromatic nitrogens is 1. The maximum Gasteiger partial charge on any atom is 0.416 e. The van der Waals surface area contributed by atoms with E-state index in [9.17, 15) is 22.8 Å². The number of methoxy groups -OCH3 is 1. The van der Waals surface area contributed by atoms with E-state index in [0.717, 1.165) is 34.4 Å². The maximum absolute atomic E-state index is 13.5.